The Hall–Kier alpha value is -1.17. The second-order valence-electron chi connectivity index (χ2n) is 4.04. The van der Waals surface area contributed by atoms with Gasteiger partial charge in [0, 0.05) is 5.75 Å². The number of hydrogen-bond donors (Lipinski definition) is 2. The van der Waals surface area contributed by atoms with Crippen LogP contribution in [0.4, 0.5) is 4.79 Å². The number of carboxylic acid groups (broad SMARTS) is 1. The molecule has 0 spiro atoms. The van der Waals surface area contributed by atoms with E-state index in [1.54, 1.807) is 20.8 Å². The van der Waals surface area contributed by atoms with Gasteiger partial charge in [0.2, 0.25) is 0 Å². The minimum absolute atomic E-state index is 0.220. The molecule has 0 aliphatic carbocycles. The fourth-order valence-corrected chi connectivity index (χ4v) is 1.34. The zero-order valence-electron chi connectivity index (χ0n) is 9.65. The third kappa shape index (κ3) is 7.17. The summed E-state index contributed by atoms with van der Waals surface area (Å²) in [4.78, 5) is 22.1. The number of hydrogen-bond acceptors (Lipinski definition) is 4. The maximum Gasteiger partial charge on any atom is 0.408 e. The van der Waals surface area contributed by atoms with Crippen LogP contribution in [0.15, 0.2) is 12.0 Å². The number of nitrogens with one attached hydrogen (secondary N) is 1. The largest absolute Gasteiger partial charge is 0.480 e. The Bertz CT molecular complexity index is 272. The van der Waals surface area contributed by atoms with Gasteiger partial charge in [-0.25, -0.2) is 9.59 Å². The highest BCUT2D eigenvalue weighted by Gasteiger charge is 2.23. The molecule has 92 valence electrons. The van der Waals surface area contributed by atoms with Gasteiger partial charge in [-0.1, -0.05) is 6.58 Å². The third-order valence-corrected chi connectivity index (χ3v) is 2.13. The lowest BCUT2D eigenvalue weighted by Gasteiger charge is -2.21. The third-order valence-electron chi connectivity index (χ3n) is 1.37. The Morgan fingerprint density at radius 2 is 2.12 bits per heavy atom. The van der Waals surface area contributed by atoms with Gasteiger partial charge in [0.15, 0.2) is 0 Å². The van der Waals surface area contributed by atoms with E-state index in [1.807, 2.05) is 0 Å². The van der Waals surface area contributed by atoms with Gasteiger partial charge in [-0.05, 0) is 26.2 Å². The molecular formula is C10H17NO4S. The number of ether oxygens (including phenoxy) is 1. The average molecular weight is 247 g/mol. The summed E-state index contributed by atoms with van der Waals surface area (Å²) in [6, 6.07) is -0.974. The molecule has 5 nitrogen and oxygen atoms in total. The van der Waals surface area contributed by atoms with Crippen molar-refractivity contribution in [1.29, 1.82) is 0 Å². The van der Waals surface area contributed by atoms with E-state index in [2.05, 4.69) is 11.9 Å². The summed E-state index contributed by atoms with van der Waals surface area (Å²) in [6.45, 7) is 8.58. The molecule has 0 saturated carbocycles. The van der Waals surface area contributed by atoms with Crippen molar-refractivity contribution >= 4 is 23.8 Å². The fourth-order valence-electron chi connectivity index (χ4n) is 0.789. The highest BCUT2D eigenvalue weighted by atomic mass is 32.2. The van der Waals surface area contributed by atoms with Crippen molar-refractivity contribution in [1.82, 2.24) is 5.32 Å². The molecule has 0 aromatic heterocycles. The van der Waals surface area contributed by atoms with Gasteiger partial charge in [0.25, 0.3) is 0 Å². The Morgan fingerprint density at radius 3 is 2.50 bits per heavy atom. The molecule has 0 saturated heterocycles. The zero-order chi connectivity index (χ0) is 12.8. The van der Waals surface area contributed by atoms with Gasteiger partial charge in [-0.3, -0.25) is 0 Å². The lowest BCUT2D eigenvalue weighted by atomic mass is 10.2. The van der Waals surface area contributed by atoms with E-state index >= 15 is 0 Å². The zero-order valence-corrected chi connectivity index (χ0v) is 10.5. The van der Waals surface area contributed by atoms with Crippen molar-refractivity contribution in [2.75, 3.05) is 5.75 Å². The van der Waals surface area contributed by atoms with Crippen molar-refractivity contribution in [3.63, 3.8) is 0 Å². The molecule has 0 aliphatic rings. The van der Waals surface area contributed by atoms with E-state index in [0.29, 0.717) is 0 Å². The summed E-state index contributed by atoms with van der Waals surface area (Å²) in [5.41, 5.74) is -0.640. The van der Waals surface area contributed by atoms with Crippen LogP contribution in [0.1, 0.15) is 20.8 Å². The molecule has 0 aromatic rings. The van der Waals surface area contributed by atoms with E-state index in [-0.39, 0.29) is 5.75 Å². The van der Waals surface area contributed by atoms with Gasteiger partial charge in [0.05, 0.1) is 0 Å². The SMILES string of the molecule is C=CSCC(NC(=O)OC(C)(C)C)C(=O)O. The molecule has 1 atom stereocenters. The Kier molecular flexibility index (Phi) is 5.95. The van der Waals surface area contributed by atoms with Crippen LogP contribution in [0.25, 0.3) is 0 Å². The molecule has 0 aliphatic heterocycles. The van der Waals surface area contributed by atoms with Crippen molar-refractivity contribution in [3.05, 3.63) is 12.0 Å². The van der Waals surface area contributed by atoms with Crippen LogP contribution in [-0.4, -0.2) is 34.6 Å². The maximum absolute atomic E-state index is 11.3. The van der Waals surface area contributed by atoms with Crippen LogP contribution in [-0.2, 0) is 9.53 Å². The molecule has 2 N–H and O–H groups in total. The molecule has 0 bridgehead atoms. The van der Waals surface area contributed by atoms with Crippen LogP contribution in [0, 0.1) is 0 Å². The van der Waals surface area contributed by atoms with E-state index in [1.165, 1.54) is 17.2 Å². The smallest absolute Gasteiger partial charge is 0.408 e. The minimum Gasteiger partial charge on any atom is -0.480 e. The van der Waals surface area contributed by atoms with E-state index < -0.39 is 23.7 Å². The van der Waals surface area contributed by atoms with E-state index in [4.69, 9.17) is 9.84 Å². The number of carbonyl (C=O) groups is 2. The molecule has 0 heterocycles. The number of carboxylic acids is 1. The molecule has 16 heavy (non-hydrogen) atoms. The van der Waals surface area contributed by atoms with Gasteiger partial charge in [-0.2, -0.15) is 0 Å². The van der Waals surface area contributed by atoms with Crippen LogP contribution in [0.3, 0.4) is 0 Å². The summed E-state index contributed by atoms with van der Waals surface area (Å²) in [5, 5.41) is 12.6. The number of aliphatic carboxylic acids is 1. The molecule has 0 rings (SSSR count). The van der Waals surface area contributed by atoms with Crippen molar-refractivity contribution in [2.45, 2.75) is 32.4 Å². The van der Waals surface area contributed by atoms with Gasteiger partial charge >= 0.3 is 12.1 Å². The van der Waals surface area contributed by atoms with Crippen molar-refractivity contribution < 1.29 is 19.4 Å². The number of rotatable bonds is 5. The topological polar surface area (TPSA) is 75.6 Å². The second kappa shape index (κ2) is 6.42. The van der Waals surface area contributed by atoms with Gasteiger partial charge in [0.1, 0.15) is 11.6 Å². The number of alkyl carbamates (subject to hydrolysis) is 1. The normalized spacial score (nSPS) is 12.7. The molecule has 1 amide bonds. The van der Waals surface area contributed by atoms with Crippen molar-refractivity contribution in [3.8, 4) is 0 Å². The first-order valence-electron chi connectivity index (χ1n) is 4.71. The molecular weight excluding hydrogens is 230 g/mol. The molecule has 0 radical (unpaired) electrons. The summed E-state index contributed by atoms with van der Waals surface area (Å²) in [5.74, 6) is -0.877. The van der Waals surface area contributed by atoms with Crippen LogP contribution in [0.2, 0.25) is 0 Å². The maximum atomic E-state index is 11.3. The predicted molar refractivity (Wildman–Crippen MR) is 63.4 cm³/mol. The molecule has 0 aromatic carbocycles. The minimum atomic E-state index is -1.10. The van der Waals surface area contributed by atoms with Crippen LogP contribution < -0.4 is 5.32 Å². The predicted octanol–water partition coefficient (Wildman–Crippen LogP) is 1.84. The first-order chi connectivity index (χ1) is 7.26. The number of amides is 1. The van der Waals surface area contributed by atoms with Crippen LogP contribution >= 0.6 is 11.8 Å². The average Bonchev–Trinajstić information content (AvgIpc) is 2.08. The second-order valence-corrected chi connectivity index (χ2v) is 5.04. The fraction of sp³-hybridized carbons (Fsp3) is 0.600. The standard InChI is InChI=1S/C10H17NO4S/c1-5-16-6-7(8(12)13)11-9(14)15-10(2,3)4/h5,7H,1,6H2,2-4H3,(H,11,14)(H,12,13). The summed E-state index contributed by atoms with van der Waals surface area (Å²) in [7, 11) is 0. The Morgan fingerprint density at radius 1 is 1.56 bits per heavy atom. The molecule has 6 heteroatoms. The highest BCUT2D eigenvalue weighted by molar-refractivity contribution is 8.02. The summed E-state index contributed by atoms with van der Waals surface area (Å²) >= 11 is 1.22. The molecule has 1 unspecified atom stereocenters. The summed E-state index contributed by atoms with van der Waals surface area (Å²) in [6.07, 6.45) is -0.732. The first-order valence-corrected chi connectivity index (χ1v) is 5.76. The first kappa shape index (κ1) is 14.8. The van der Waals surface area contributed by atoms with E-state index in [9.17, 15) is 9.59 Å². The summed E-state index contributed by atoms with van der Waals surface area (Å²) < 4.78 is 4.95. The number of thioether (sulfide) groups is 1. The highest BCUT2D eigenvalue weighted by Crippen LogP contribution is 2.08. The van der Waals surface area contributed by atoms with Gasteiger partial charge < -0.3 is 15.2 Å². The quantitative estimate of drug-likeness (QED) is 0.775. The number of carbonyl (C=O) groups excluding carboxylic acids is 1. The Labute approximate surface area is 99.2 Å². The van der Waals surface area contributed by atoms with E-state index in [0.717, 1.165) is 0 Å². The van der Waals surface area contributed by atoms with Crippen molar-refractivity contribution in [2.24, 2.45) is 0 Å². The van der Waals surface area contributed by atoms with Crippen LogP contribution in [0.5, 0.6) is 0 Å². The Balaban J connectivity index is 4.23. The monoisotopic (exact) mass is 247 g/mol. The molecule has 0 fully saturated rings. The van der Waals surface area contributed by atoms with Gasteiger partial charge in [-0.15, -0.1) is 11.8 Å². The lowest BCUT2D eigenvalue weighted by Crippen LogP contribution is -2.44. The lowest BCUT2D eigenvalue weighted by molar-refractivity contribution is -0.138.